The van der Waals surface area contributed by atoms with Gasteiger partial charge in [-0.3, -0.25) is 10.4 Å². The summed E-state index contributed by atoms with van der Waals surface area (Å²) in [4.78, 5) is 4.51. The number of pyridine rings is 1. The average molecular weight is 307 g/mol. The van der Waals surface area contributed by atoms with E-state index in [4.69, 9.17) is 4.74 Å². The topological polar surface area (TPSA) is 66.7 Å². The number of nitrogens with one attached hydrogen (secondary N) is 1. The van der Waals surface area contributed by atoms with Gasteiger partial charge in [0.2, 0.25) is 0 Å². The van der Waals surface area contributed by atoms with Crippen LogP contribution >= 0.6 is 0 Å². The van der Waals surface area contributed by atoms with Gasteiger partial charge in [0.25, 0.3) is 0 Å². The number of nitrogens with zero attached hydrogens (tertiary/aromatic N) is 2. The Morgan fingerprint density at radius 1 is 1.17 bits per heavy atom. The Balaban J connectivity index is 1.92. The fraction of sp³-hybridized carbons (Fsp3) is 0.111. The van der Waals surface area contributed by atoms with E-state index in [0.717, 1.165) is 33.6 Å². The van der Waals surface area contributed by atoms with E-state index in [1.165, 1.54) is 0 Å². The number of aromatic hydroxyl groups is 1. The second kappa shape index (κ2) is 6.36. The van der Waals surface area contributed by atoms with E-state index in [2.05, 4.69) is 15.5 Å². The van der Waals surface area contributed by atoms with Crippen molar-refractivity contribution >= 4 is 22.8 Å². The summed E-state index contributed by atoms with van der Waals surface area (Å²) in [5, 5.41) is 14.6. The quantitative estimate of drug-likeness (QED) is 0.569. The van der Waals surface area contributed by atoms with Crippen LogP contribution in [0.15, 0.2) is 53.6 Å². The second-order valence-electron chi connectivity index (χ2n) is 5.16. The van der Waals surface area contributed by atoms with E-state index < -0.39 is 0 Å². The summed E-state index contributed by atoms with van der Waals surface area (Å²) in [5.74, 6) is 0.979. The summed E-state index contributed by atoms with van der Waals surface area (Å²) in [6.45, 7) is 1.94. The molecule has 0 amide bonds. The Bertz CT molecular complexity index is 875. The van der Waals surface area contributed by atoms with Crippen LogP contribution in [0, 0.1) is 6.92 Å². The molecule has 1 aromatic heterocycles. The number of methoxy groups -OCH3 is 1. The van der Waals surface area contributed by atoms with E-state index in [1.54, 1.807) is 31.5 Å². The van der Waals surface area contributed by atoms with Gasteiger partial charge in [0.1, 0.15) is 11.5 Å². The fourth-order valence-corrected chi connectivity index (χ4v) is 2.34. The molecule has 116 valence electrons. The van der Waals surface area contributed by atoms with E-state index in [0.29, 0.717) is 0 Å². The third-order valence-corrected chi connectivity index (χ3v) is 3.41. The number of anilines is 1. The molecule has 5 nitrogen and oxygen atoms in total. The standard InChI is InChI=1S/C18H17N3O2/c1-12-8-18(16-10-15(23-2)6-7-17(16)20-12)21-19-11-13-4-3-5-14(22)9-13/h3-11,22H,1-2H3,(H,20,21)/b19-11+. The average Bonchev–Trinajstić information content (AvgIpc) is 2.54. The summed E-state index contributed by atoms with van der Waals surface area (Å²) >= 11 is 0. The molecule has 0 radical (unpaired) electrons. The molecule has 2 aromatic carbocycles. The normalized spacial score (nSPS) is 11.0. The molecule has 5 heteroatoms. The molecule has 23 heavy (non-hydrogen) atoms. The van der Waals surface area contributed by atoms with Crippen molar-refractivity contribution in [2.45, 2.75) is 6.92 Å². The van der Waals surface area contributed by atoms with Crippen molar-refractivity contribution in [2.75, 3.05) is 12.5 Å². The van der Waals surface area contributed by atoms with Crippen LogP contribution in [0.4, 0.5) is 5.69 Å². The number of benzene rings is 2. The first-order chi connectivity index (χ1) is 11.2. The highest BCUT2D eigenvalue weighted by atomic mass is 16.5. The molecule has 0 aliphatic rings. The third kappa shape index (κ3) is 3.40. The van der Waals surface area contributed by atoms with Crippen LogP contribution in [0.3, 0.4) is 0 Å². The number of phenols is 1. The fourth-order valence-electron chi connectivity index (χ4n) is 2.34. The highest BCUT2D eigenvalue weighted by Gasteiger charge is 2.05. The van der Waals surface area contributed by atoms with Crippen molar-refractivity contribution in [3.8, 4) is 11.5 Å². The number of hydrazone groups is 1. The van der Waals surface area contributed by atoms with E-state index in [-0.39, 0.29) is 5.75 Å². The molecule has 2 N–H and O–H groups in total. The molecular weight excluding hydrogens is 290 g/mol. The Kier molecular flexibility index (Phi) is 4.10. The van der Waals surface area contributed by atoms with Gasteiger partial charge in [-0.05, 0) is 48.9 Å². The minimum Gasteiger partial charge on any atom is -0.508 e. The van der Waals surface area contributed by atoms with Gasteiger partial charge in [0.05, 0.1) is 24.5 Å². The van der Waals surface area contributed by atoms with Crippen LogP contribution in [0.1, 0.15) is 11.3 Å². The lowest BCUT2D eigenvalue weighted by Gasteiger charge is -2.08. The number of phenolic OH excluding ortho intramolecular Hbond substituents is 1. The zero-order valence-electron chi connectivity index (χ0n) is 12.9. The van der Waals surface area contributed by atoms with Crippen molar-refractivity contribution in [1.82, 2.24) is 4.98 Å². The minimum absolute atomic E-state index is 0.212. The van der Waals surface area contributed by atoms with Crippen LogP contribution in [-0.4, -0.2) is 23.4 Å². The maximum atomic E-state index is 9.46. The third-order valence-electron chi connectivity index (χ3n) is 3.41. The Hall–Kier alpha value is -3.08. The first-order valence-electron chi connectivity index (χ1n) is 7.19. The van der Waals surface area contributed by atoms with Crippen LogP contribution in [0.2, 0.25) is 0 Å². The Morgan fingerprint density at radius 2 is 2.04 bits per heavy atom. The van der Waals surface area contributed by atoms with Crippen molar-refractivity contribution < 1.29 is 9.84 Å². The molecule has 3 rings (SSSR count). The first-order valence-corrected chi connectivity index (χ1v) is 7.19. The maximum Gasteiger partial charge on any atom is 0.119 e. The predicted octanol–water partition coefficient (Wildman–Crippen LogP) is 3.70. The lowest BCUT2D eigenvalue weighted by molar-refractivity contribution is 0.415. The highest BCUT2D eigenvalue weighted by Crippen LogP contribution is 2.27. The molecule has 0 fully saturated rings. The molecular formula is C18H17N3O2. The molecule has 0 spiro atoms. The van der Waals surface area contributed by atoms with Gasteiger partial charge in [-0.2, -0.15) is 5.10 Å². The molecule has 0 aliphatic heterocycles. The number of hydrogen-bond acceptors (Lipinski definition) is 5. The Labute approximate surface area is 134 Å². The van der Waals surface area contributed by atoms with E-state index >= 15 is 0 Å². The first kappa shape index (κ1) is 14.8. The SMILES string of the molecule is COc1ccc2nc(C)cc(N/N=C/c3cccc(O)c3)c2c1. The second-order valence-corrected chi connectivity index (χ2v) is 5.16. The van der Waals surface area contributed by atoms with Gasteiger partial charge in [-0.25, -0.2) is 0 Å². The van der Waals surface area contributed by atoms with Crippen molar-refractivity contribution in [3.05, 3.63) is 59.8 Å². The summed E-state index contributed by atoms with van der Waals surface area (Å²) in [7, 11) is 1.63. The molecule has 0 atom stereocenters. The maximum absolute atomic E-state index is 9.46. The van der Waals surface area contributed by atoms with Crippen LogP contribution < -0.4 is 10.2 Å². The van der Waals surface area contributed by atoms with E-state index in [9.17, 15) is 5.11 Å². The van der Waals surface area contributed by atoms with Gasteiger partial charge >= 0.3 is 0 Å². The van der Waals surface area contributed by atoms with Crippen LogP contribution in [-0.2, 0) is 0 Å². The summed E-state index contributed by atoms with van der Waals surface area (Å²) in [6.07, 6.45) is 1.65. The molecule has 1 heterocycles. The summed E-state index contributed by atoms with van der Waals surface area (Å²) < 4.78 is 5.27. The van der Waals surface area contributed by atoms with Gasteiger partial charge in [-0.1, -0.05) is 12.1 Å². The molecule has 0 saturated heterocycles. The highest BCUT2D eigenvalue weighted by molar-refractivity contribution is 5.93. The molecule has 3 aromatic rings. The minimum atomic E-state index is 0.212. The summed E-state index contributed by atoms with van der Waals surface area (Å²) in [6, 6.07) is 14.6. The molecule has 0 aliphatic carbocycles. The predicted molar refractivity (Wildman–Crippen MR) is 92.4 cm³/mol. The molecule has 0 bridgehead atoms. The van der Waals surface area contributed by atoms with Crippen LogP contribution in [0.25, 0.3) is 10.9 Å². The van der Waals surface area contributed by atoms with Crippen LogP contribution in [0.5, 0.6) is 11.5 Å². The number of rotatable bonds is 4. The van der Waals surface area contributed by atoms with Gasteiger partial charge in [-0.15, -0.1) is 0 Å². The van der Waals surface area contributed by atoms with Crippen molar-refractivity contribution in [2.24, 2.45) is 5.10 Å². The van der Waals surface area contributed by atoms with Crippen molar-refractivity contribution in [1.29, 1.82) is 0 Å². The number of aromatic nitrogens is 1. The Morgan fingerprint density at radius 3 is 2.83 bits per heavy atom. The number of aryl methyl sites for hydroxylation is 1. The summed E-state index contributed by atoms with van der Waals surface area (Å²) in [5.41, 5.74) is 6.48. The van der Waals surface area contributed by atoms with Gasteiger partial charge < -0.3 is 9.84 Å². The molecule has 0 unspecified atom stereocenters. The lowest BCUT2D eigenvalue weighted by Crippen LogP contribution is -1.95. The number of ether oxygens (including phenoxy) is 1. The van der Waals surface area contributed by atoms with E-state index in [1.807, 2.05) is 37.3 Å². The largest absolute Gasteiger partial charge is 0.508 e. The zero-order valence-corrected chi connectivity index (χ0v) is 12.9. The monoisotopic (exact) mass is 307 g/mol. The van der Waals surface area contributed by atoms with Gasteiger partial charge in [0, 0.05) is 11.1 Å². The zero-order chi connectivity index (χ0) is 16.2. The van der Waals surface area contributed by atoms with Crippen molar-refractivity contribution in [3.63, 3.8) is 0 Å². The number of hydrogen-bond donors (Lipinski definition) is 2. The van der Waals surface area contributed by atoms with Gasteiger partial charge in [0.15, 0.2) is 0 Å². The number of fused-ring (bicyclic) bond motifs is 1. The lowest BCUT2D eigenvalue weighted by atomic mass is 10.1. The smallest absolute Gasteiger partial charge is 0.119 e. The molecule has 0 saturated carbocycles.